The number of ether oxygens (including phenoxy) is 1. The first-order chi connectivity index (χ1) is 10.9. The maximum atomic E-state index is 13.5. The van der Waals surface area contributed by atoms with E-state index in [1.807, 2.05) is 0 Å². The smallest absolute Gasteiger partial charge is 0.191 e. The van der Waals surface area contributed by atoms with Crippen LogP contribution >= 0.6 is 24.0 Å². The Morgan fingerprint density at radius 2 is 2.00 bits per heavy atom. The van der Waals surface area contributed by atoms with Gasteiger partial charge >= 0.3 is 0 Å². The van der Waals surface area contributed by atoms with Crippen LogP contribution in [0.4, 0.5) is 4.39 Å². The summed E-state index contributed by atoms with van der Waals surface area (Å²) in [4.78, 5) is 4.00. The highest BCUT2D eigenvalue weighted by Gasteiger charge is 2.10. The van der Waals surface area contributed by atoms with Crippen molar-refractivity contribution in [3.05, 3.63) is 30.1 Å². The standard InChI is InChI=1S/C15H24FN3O3S.HI/c1-4-23(20,21)10-9-18-15(17-3)19-11-12(2)22-14-8-6-5-7-13(14)16;/h5-8,12H,4,9-11H2,1-3H3,(H2,17,18,19);1H. The second-order valence-corrected chi connectivity index (χ2v) is 7.45. The molecule has 0 bridgehead atoms. The van der Waals surface area contributed by atoms with Gasteiger partial charge in [0, 0.05) is 19.3 Å². The van der Waals surface area contributed by atoms with Crippen LogP contribution in [0.25, 0.3) is 0 Å². The molecule has 0 heterocycles. The number of rotatable bonds is 8. The van der Waals surface area contributed by atoms with Gasteiger partial charge in [0.25, 0.3) is 0 Å². The van der Waals surface area contributed by atoms with Crippen LogP contribution in [0.2, 0.25) is 0 Å². The molecule has 2 N–H and O–H groups in total. The minimum absolute atomic E-state index is 0. The summed E-state index contributed by atoms with van der Waals surface area (Å²) in [6.45, 7) is 4.09. The zero-order valence-corrected chi connectivity index (χ0v) is 17.2. The fraction of sp³-hybridized carbons (Fsp3) is 0.533. The van der Waals surface area contributed by atoms with Crippen LogP contribution in [0, 0.1) is 5.82 Å². The van der Waals surface area contributed by atoms with Crippen molar-refractivity contribution in [1.29, 1.82) is 0 Å². The van der Waals surface area contributed by atoms with E-state index in [1.165, 1.54) is 6.07 Å². The number of nitrogens with zero attached hydrogens (tertiary/aromatic N) is 1. The van der Waals surface area contributed by atoms with Crippen LogP contribution in [0.15, 0.2) is 29.3 Å². The summed E-state index contributed by atoms with van der Waals surface area (Å²) in [6.07, 6.45) is -0.287. The summed E-state index contributed by atoms with van der Waals surface area (Å²) in [5.74, 6) is 0.422. The minimum Gasteiger partial charge on any atom is -0.486 e. The molecule has 1 aromatic rings. The van der Waals surface area contributed by atoms with Gasteiger partial charge in [-0.15, -0.1) is 24.0 Å². The Hall–Kier alpha value is -1.10. The Kier molecular flexibility index (Phi) is 10.9. The van der Waals surface area contributed by atoms with E-state index in [-0.39, 0.29) is 53.9 Å². The average molecular weight is 473 g/mol. The Balaban J connectivity index is 0.00000529. The third kappa shape index (κ3) is 8.67. The summed E-state index contributed by atoms with van der Waals surface area (Å²) < 4.78 is 41.8. The van der Waals surface area contributed by atoms with Crippen LogP contribution in [-0.4, -0.2) is 52.1 Å². The van der Waals surface area contributed by atoms with Crippen LogP contribution in [0.5, 0.6) is 5.75 Å². The van der Waals surface area contributed by atoms with Crippen molar-refractivity contribution in [3.8, 4) is 5.75 Å². The second-order valence-electron chi connectivity index (χ2n) is 4.98. The van der Waals surface area contributed by atoms with Crippen molar-refractivity contribution < 1.29 is 17.5 Å². The monoisotopic (exact) mass is 473 g/mol. The van der Waals surface area contributed by atoms with Crippen LogP contribution in [0.3, 0.4) is 0 Å². The summed E-state index contributed by atoms with van der Waals surface area (Å²) in [5, 5.41) is 5.93. The molecule has 138 valence electrons. The predicted molar refractivity (Wildman–Crippen MR) is 106 cm³/mol. The quantitative estimate of drug-likeness (QED) is 0.342. The topological polar surface area (TPSA) is 79.8 Å². The van der Waals surface area contributed by atoms with Gasteiger partial charge < -0.3 is 15.4 Å². The van der Waals surface area contributed by atoms with Gasteiger partial charge in [0.1, 0.15) is 6.10 Å². The number of sulfone groups is 1. The van der Waals surface area contributed by atoms with E-state index in [1.54, 1.807) is 39.1 Å². The fourth-order valence-corrected chi connectivity index (χ4v) is 2.43. The second kappa shape index (κ2) is 11.5. The first-order valence-electron chi connectivity index (χ1n) is 7.44. The Labute approximate surface area is 160 Å². The molecule has 0 aliphatic heterocycles. The first kappa shape index (κ1) is 22.9. The van der Waals surface area contributed by atoms with Gasteiger partial charge in [-0.25, -0.2) is 12.8 Å². The largest absolute Gasteiger partial charge is 0.486 e. The molecule has 0 saturated carbocycles. The lowest BCUT2D eigenvalue weighted by molar-refractivity contribution is 0.214. The Bertz CT molecular complexity index is 626. The van der Waals surface area contributed by atoms with E-state index < -0.39 is 15.7 Å². The highest BCUT2D eigenvalue weighted by molar-refractivity contribution is 14.0. The maximum absolute atomic E-state index is 13.5. The van der Waals surface area contributed by atoms with E-state index in [2.05, 4.69) is 15.6 Å². The number of para-hydroxylation sites is 1. The number of hydrogen-bond donors (Lipinski definition) is 2. The molecule has 0 radical (unpaired) electrons. The summed E-state index contributed by atoms with van der Waals surface area (Å²) in [6, 6.07) is 6.20. The third-order valence-electron chi connectivity index (χ3n) is 3.09. The van der Waals surface area contributed by atoms with Gasteiger partial charge in [0.2, 0.25) is 0 Å². The molecule has 24 heavy (non-hydrogen) atoms. The van der Waals surface area contributed by atoms with Gasteiger partial charge in [-0.3, -0.25) is 4.99 Å². The number of hydrogen-bond acceptors (Lipinski definition) is 4. The predicted octanol–water partition coefficient (Wildman–Crippen LogP) is 1.81. The van der Waals surface area contributed by atoms with Crippen molar-refractivity contribution in [1.82, 2.24) is 10.6 Å². The molecular formula is C15H25FIN3O3S. The Morgan fingerprint density at radius 1 is 1.33 bits per heavy atom. The van der Waals surface area contributed by atoms with E-state index in [4.69, 9.17) is 4.74 Å². The number of benzene rings is 1. The van der Waals surface area contributed by atoms with Gasteiger partial charge in [-0.1, -0.05) is 19.1 Å². The fourth-order valence-electron chi connectivity index (χ4n) is 1.73. The van der Waals surface area contributed by atoms with Gasteiger partial charge in [-0.05, 0) is 19.1 Å². The molecule has 6 nitrogen and oxygen atoms in total. The minimum atomic E-state index is -3.01. The molecule has 0 saturated heterocycles. The number of aliphatic imine (C=N–C) groups is 1. The summed E-state index contributed by atoms with van der Waals surface area (Å²) in [7, 11) is -1.42. The van der Waals surface area contributed by atoms with Crippen molar-refractivity contribution in [3.63, 3.8) is 0 Å². The van der Waals surface area contributed by atoms with Crippen LogP contribution in [-0.2, 0) is 9.84 Å². The lowest BCUT2D eigenvalue weighted by Crippen LogP contribution is -2.43. The van der Waals surface area contributed by atoms with Crippen molar-refractivity contribution in [2.75, 3.05) is 31.6 Å². The molecule has 0 aromatic heterocycles. The summed E-state index contributed by atoms with van der Waals surface area (Å²) >= 11 is 0. The molecule has 0 aliphatic rings. The van der Waals surface area contributed by atoms with Gasteiger partial charge in [-0.2, -0.15) is 0 Å². The lowest BCUT2D eigenvalue weighted by atomic mass is 10.3. The molecule has 1 aromatic carbocycles. The molecule has 0 fully saturated rings. The van der Waals surface area contributed by atoms with E-state index in [0.717, 1.165) is 0 Å². The van der Waals surface area contributed by atoms with E-state index in [0.29, 0.717) is 12.5 Å². The molecule has 1 rings (SSSR count). The number of nitrogens with one attached hydrogen (secondary N) is 2. The highest BCUT2D eigenvalue weighted by Crippen LogP contribution is 2.16. The third-order valence-corrected chi connectivity index (χ3v) is 4.80. The van der Waals surface area contributed by atoms with Crippen molar-refractivity contribution in [2.24, 2.45) is 4.99 Å². The van der Waals surface area contributed by atoms with E-state index in [9.17, 15) is 12.8 Å². The van der Waals surface area contributed by atoms with Gasteiger partial charge in [0.15, 0.2) is 27.4 Å². The van der Waals surface area contributed by atoms with E-state index >= 15 is 0 Å². The zero-order valence-electron chi connectivity index (χ0n) is 14.1. The summed E-state index contributed by atoms with van der Waals surface area (Å²) in [5.41, 5.74) is 0. The lowest BCUT2D eigenvalue weighted by Gasteiger charge is -2.18. The molecular weight excluding hydrogens is 448 g/mol. The maximum Gasteiger partial charge on any atom is 0.191 e. The Morgan fingerprint density at radius 3 is 2.58 bits per heavy atom. The molecule has 0 aliphatic carbocycles. The average Bonchev–Trinajstić information content (AvgIpc) is 2.53. The van der Waals surface area contributed by atoms with Gasteiger partial charge in [0.05, 0.1) is 12.3 Å². The molecule has 0 spiro atoms. The molecule has 1 atom stereocenters. The van der Waals surface area contributed by atoms with Crippen molar-refractivity contribution in [2.45, 2.75) is 20.0 Å². The molecule has 1 unspecified atom stereocenters. The number of halogens is 2. The SMILES string of the molecule is CCS(=O)(=O)CCNC(=NC)NCC(C)Oc1ccccc1F.I. The van der Waals surface area contributed by atoms with Crippen LogP contribution < -0.4 is 15.4 Å². The highest BCUT2D eigenvalue weighted by atomic mass is 127. The number of guanidine groups is 1. The zero-order chi connectivity index (χ0) is 17.3. The van der Waals surface area contributed by atoms with Crippen LogP contribution in [0.1, 0.15) is 13.8 Å². The molecule has 9 heteroatoms. The molecule has 0 amide bonds. The first-order valence-corrected chi connectivity index (χ1v) is 9.26. The van der Waals surface area contributed by atoms with Crippen molar-refractivity contribution >= 4 is 39.8 Å². The normalized spacial score (nSPS) is 12.9.